The highest BCUT2D eigenvalue weighted by Gasteiger charge is 2.37. The van der Waals surface area contributed by atoms with Crippen LogP contribution in [0.2, 0.25) is 0 Å². The Balaban J connectivity index is 0.00000784. The SMILES string of the molecule is CCNC(=NCC(NC(=O)OC(C)(C)C)C(C)C)N1CC(C)C(C(=O)OC)C1.I. The second-order valence-electron chi connectivity index (χ2n) is 8.70. The van der Waals surface area contributed by atoms with Gasteiger partial charge < -0.3 is 25.0 Å². The van der Waals surface area contributed by atoms with Gasteiger partial charge in [0.1, 0.15) is 5.60 Å². The van der Waals surface area contributed by atoms with Crippen molar-refractivity contribution in [1.29, 1.82) is 0 Å². The van der Waals surface area contributed by atoms with Gasteiger partial charge in [-0.15, -0.1) is 24.0 Å². The average Bonchev–Trinajstić information content (AvgIpc) is 2.96. The van der Waals surface area contributed by atoms with Crippen molar-refractivity contribution in [3.63, 3.8) is 0 Å². The monoisotopic (exact) mass is 526 g/mol. The fourth-order valence-corrected chi connectivity index (χ4v) is 3.09. The molecule has 9 heteroatoms. The highest BCUT2D eigenvalue weighted by Crippen LogP contribution is 2.24. The molecule has 1 fully saturated rings. The van der Waals surface area contributed by atoms with Crippen LogP contribution in [0.5, 0.6) is 0 Å². The van der Waals surface area contributed by atoms with Gasteiger partial charge in [-0.1, -0.05) is 20.8 Å². The summed E-state index contributed by atoms with van der Waals surface area (Å²) in [7, 11) is 1.42. The summed E-state index contributed by atoms with van der Waals surface area (Å²) in [5, 5.41) is 6.21. The number of alkyl carbamates (subject to hydrolysis) is 1. The zero-order valence-electron chi connectivity index (χ0n) is 19.1. The van der Waals surface area contributed by atoms with Crippen molar-refractivity contribution in [2.24, 2.45) is 22.7 Å². The lowest BCUT2D eigenvalue weighted by molar-refractivity contribution is -0.145. The summed E-state index contributed by atoms with van der Waals surface area (Å²) in [6.45, 7) is 16.1. The molecule has 0 aliphatic carbocycles. The molecule has 1 aliphatic rings. The number of methoxy groups -OCH3 is 1. The number of rotatable bonds is 6. The Morgan fingerprint density at radius 1 is 1.24 bits per heavy atom. The number of nitrogens with one attached hydrogen (secondary N) is 2. The van der Waals surface area contributed by atoms with Crippen LogP contribution in [0.15, 0.2) is 4.99 Å². The highest BCUT2D eigenvalue weighted by atomic mass is 127. The number of esters is 1. The molecule has 3 atom stereocenters. The highest BCUT2D eigenvalue weighted by molar-refractivity contribution is 14.0. The zero-order chi connectivity index (χ0) is 21.5. The number of hydrogen-bond donors (Lipinski definition) is 2. The van der Waals surface area contributed by atoms with E-state index in [1.165, 1.54) is 7.11 Å². The molecule has 0 bridgehead atoms. The largest absolute Gasteiger partial charge is 0.469 e. The minimum absolute atomic E-state index is 0. The number of likely N-dealkylation sites (tertiary alicyclic amines) is 1. The molecular formula is C20H39IN4O4. The lowest BCUT2D eigenvalue weighted by Gasteiger charge is -2.26. The number of hydrogen-bond acceptors (Lipinski definition) is 5. The number of halogens is 1. The first-order valence-corrected chi connectivity index (χ1v) is 10.1. The molecule has 0 saturated carbocycles. The van der Waals surface area contributed by atoms with Gasteiger partial charge in [0.25, 0.3) is 0 Å². The van der Waals surface area contributed by atoms with Crippen molar-refractivity contribution in [3.8, 4) is 0 Å². The fraction of sp³-hybridized carbons (Fsp3) is 0.850. The van der Waals surface area contributed by atoms with Crippen LogP contribution in [0, 0.1) is 17.8 Å². The Bertz CT molecular complexity index is 563. The molecule has 1 rings (SSSR count). The van der Waals surface area contributed by atoms with Crippen LogP contribution in [0.1, 0.15) is 48.5 Å². The maximum absolute atomic E-state index is 12.1. The first-order chi connectivity index (χ1) is 13.0. The summed E-state index contributed by atoms with van der Waals surface area (Å²) in [6.07, 6.45) is -0.438. The van der Waals surface area contributed by atoms with Crippen molar-refractivity contribution in [2.75, 3.05) is 33.3 Å². The summed E-state index contributed by atoms with van der Waals surface area (Å²) in [5.41, 5.74) is -0.543. The second kappa shape index (κ2) is 12.4. The van der Waals surface area contributed by atoms with Crippen LogP contribution in [0.4, 0.5) is 4.79 Å². The maximum atomic E-state index is 12.1. The molecule has 3 unspecified atom stereocenters. The van der Waals surface area contributed by atoms with Crippen molar-refractivity contribution in [3.05, 3.63) is 0 Å². The average molecular weight is 526 g/mol. The molecule has 1 aliphatic heterocycles. The van der Waals surface area contributed by atoms with Crippen LogP contribution in [-0.4, -0.2) is 67.9 Å². The first-order valence-electron chi connectivity index (χ1n) is 10.1. The second-order valence-corrected chi connectivity index (χ2v) is 8.70. The summed E-state index contributed by atoms with van der Waals surface area (Å²) in [5.74, 6) is 0.793. The first kappa shape index (κ1) is 27.7. The Kier molecular flexibility index (Phi) is 11.9. The maximum Gasteiger partial charge on any atom is 0.407 e. The van der Waals surface area contributed by atoms with E-state index in [0.29, 0.717) is 13.1 Å². The molecule has 1 amide bonds. The summed E-state index contributed by atoms with van der Waals surface area (Å²) in [4.78, 5) is 30.9. The Morgan fingerprint density at radius 2 is 1.86 bits per heavy atom. The van der Waals surface area contributed by atoms with Crippen molar-refractivity contribution in [2.45, 2.75) is 60.1 Å². The molecule has 170 valence electrons. The molecule has 0 aromatic heterocycles. The third-order valence-electron chi connectivity index (χ3n) is 4.70. The van der Waals surface area contributed by atoms with Gasteiger partial charge in [-0.3, -0.25) is 9.79 Å². The molecule has 8 nitrogen and oxygen atoms in total. The third kappa shape index (κ3) is 9.39. The molecule has 1 heterocycles. The van der Waals surface area contributed by atoms with Gasteiger partial charge >= 0.3 is 12.1 Å². The van der Waals surface area contributed by atoms with E-state index in [0.717, 1.165) is 19.0 Å². The van der Waals surface area contributed by atoms with E-state index >= 15 is 0 Å². The normalized spacial score (nSPS) is 20.7. The predicted octanol–water partition coefficient (Wildman–Crippen LogP) is 2.86. The molecule has 0 aromatic rings. The van der Waals surface area contributed by atoms with Crippen molar-refractivity contribution < 1.29 is 19.1 Å². The predicted molar refractivity (Wildman–Crippen MR) is 126 cm³/mol. The number of guanidine groups is 1. The molecular weight excluding hydrogens is 487 g/mol. The standard InChI is InChI=1S/C20H38N4O4.HI/c1-9-21-18(24-11-14(4)15(12-24)17(25)27-8)22-10-16(13(2)3)23-19(26)28-20(5,6)7;/h13-16H,9-12H2,1-8H3,(H,21,22)(H,23,26);1H. The number of carbonyl (C=O) groups excluding carboxylic acids is 2. The molecule has 0 spiro atoms. The topological polar surface area (TPSA) is 92.3 Å². The lowest BCUT2D eigenvalue weighted by Crippen LogP contribution is -2.45. The molecule has 0 radical (unpaired) electrons. The number of carbonyl (C=O) groups is 2. The van der Waals surface area contributed by atoms with E-state index in [2.05, 4.69) is 15.5 Å². The van der Waals surface area contributed by atoms with Crippen LogP contribution in [0.25, 0.3) is 0 Å². The summed E-state index contributed by atoms with van der Waals surface area (Å²) >= 11 is 0. The van der Waals surface area contributed by atoms with E-state index in [1.54, 1.807) is 0 Å². The number of nitrogens with zero attached hydrogens (tertiary/aromatic N) is 2. The van der Waals surface area contributed by atoms with E-state index in [9.17, 15) is 9.59 Å². The van der Waals surface area contributed by atoms with E-state index in [1.807, 2.05) is 48.5 Å². The van der Waals surface area contributed by atoms with Crippen LogP contribution < -0.4 is 10.6 Å². The van der Waals surface area contributed by atoms with Crippen LogP contribution in [0.3, 0.4) is 0 Å². The molecule has 1 saturated heterocycles. The van der Waals surface area contributed by atoms with Gasteiger partial charge in [0.2, 0.25) is 0 Å². The van der Waals surface area contributed by atoms with Gasteiger partial charge in [-0.2, -0.15) is 0 Å². The van der Waals surface area contributed by atoms with Crippen LogP contribution in [-0.2, 0) is 14.3 Å². The van der Waals surface area contributed by atoms with Crippen molar-refractivity contribution >= 4 is 42.0 Å². The quantitative estimate of drug-likeness (QED) is 0.240. The van der Waals surface area contributed by atoms with Gasteiger partial charge in [0.15, 0.2) is 5.96 Å². The summed E-state index contributed by atoms with van der Waals surface area (Å²) in [6, 6.07) is -0.153. The number of amides is 1. The molecule has 29 heavy (non-hydrogen) atoms. The minimum Gasteiger partial charge on any atom is -0.469 e. The van der Waals surface area contributed by atoms with E-state index < -0.39 is 11.7 Å². The van der Waals surface area contributed by atoms with Gasteiger partial charge in [0.05, 0.1) is 25.6 Å². The van der Waals surface area contributed by atoms with Gasteiger partial charge in [0, 0.05) is 19.6 Å². The Morgan fingerprint density at radius 3 is 2.34 bits per heavy atom. The zero-order valence-corrected chi connectivity index (χ0v) is 21.4. The summed E-state index contributed by atoms with van der Waals surface area (Å²) < 4.78 is 10.3. The number of aliphatic imine (C=N–C) groups is 1. The fourth-order valence-electron chi connectivity index (χ4n) is 3.09. The number of ether oxygens (including phenoxy) is 2. The Labute approximate surface area is 192 Å². The smallest absolute Gasteiger partial charge is 0.407 e. The van der Waals surface area contributed by atoms with Gasteiger partial charge in [-0.25, -0.2) is 4.79 Å². The lowest BCUT2D eigenvalue weighted by atomic mass is 9.99. The van der Waals surface area contributed by atoms with E-state index in [-0.39, 0.29) is 53.7 Å². The minimum atomic E-state index is -0.543. The molecule has 2 N–H and O–H groups in total. The molecule has 0 aromatic carbocycles. The Hall–Kier alpha value is -1.26. The third-order valence-corrected chi connectivity index (χ3v) is 4.70. The van der Waals surface area contributed by atoms with Gasteiger partial charge in [-0.05, 0) is 39.5 Å². The van der Waals surface area contributed by atoms with Crippen LogP contribution >= 0.6 is 24.0 Å². The van der Waals surface area contributed by atoms with E-state index in [4.69, 9.17) is 14.5 Å². The van der Waals surface area contributed by atoms with Crippen molar-refractivity contribution in [1.82, 2.24) is 15.5 Å².